The summed E-state index contributed by atoms with van der Waals surface area (Å²) in [5.41, 5.74) is 0. The molecule has 0 aromatic carbocycles. The number of likely N-dealkylation sites (N-methyl/N-ethyl adjacent to an activating group) is 2. The van der Waals surface area contributed by atoms with Crippen molar-refractivity contribution in [1.29, 1.82) is 0 Å². The highest BCUT2D eigenvalue weighted by Gasteiger charge is 2.04. The summed E-state index contributed by atoms with van der Waals surface area (Å²) in [5, 5.41) is 3.28. The molecule has 0 saturated heterocycles. The summed E-state index contributed by atoms with van der Waals surface area (Å²) in [6, 6.07) is 0. The van der Waals surface area contributed by atoms with Crippen molar-refractivity contribution in [3.8, 4) is 5.88 Å². The fourth-order valence-corrected chi connectivity index (χ4v) is 1.34. The first-order valence-corrected chi connectivity index (χ1v) is 6.14. The molecule has 0 atom stereocenters. The van der Waals surface area contributed by atoms with Crippen LogP contribution in [0, 0.1) is 0 Å². The van der Waals surface area contributed by atoms with E-state index in [1.165, 1.54) is 0 Å². The van der Waals surface area contributed by atoms with Crippen LogP contribution >= 0.6 is 0 Å². The SMILES string of the molecule is CCCOc1cncc(N(C)CCNCC)n1. The number of hydrogen-bond acceptors (Lipinski definition) is 5. The summed E-state index contributed by atoms with van der Waals surface area (Å²) < 4.78 is 5.46. The van der Waals surface area contributed by atoms with Crippen LogP contribution in [0.25, 0.3) is 0 Å². The van der Waals surface area contributed by atoms with Crippen molar-refractivity contribution in [1.82, 2.24) is 15.3 Å². The molecule has 1 aromatic heterocycles. The Kier molecular flexibility index (Phi) is 6.32. The average Bonchev–Trinajstić information content (AvgIpc) is 2.37. The predicted molar refractivity (Wildman–Crippen MR) is 69.6 cm³/mol. The van der Waals surface area contributed by atoms with E-state index < -0.39 is 0 Å². The van der Waals surface area contributed by atoms with Gasteiger partial charge in [-0.05, 0) is 13.0 Å². The monoisotopic (exact) mass is 238 g/mol. The fraction of sp³-hybridized carbons (Fsp3) is 0.667. The van der Waals surface area contributed by atoms with Crippen molar-refractivity contribution in [2.45, 2.75) is 20.3 Å². The van der Waals surface area contributed by atoms with Gasteiger partial charge in [0, 0.05) is 20.1 Å². The van der Waals surface area contributed by atoms with E-state index in [0.717, 1.165) is 31.9 Å². The molecule has 0 aliphatic rings. The van der Waals surface area contributed by atoms with Crippen LogP contribution < -0.4 is 15.0 Å². The van der Waals surface area contributed by atoms with Gasteiger partial charge in [0.1, 0.15) is 0 Å². The molecule has 5 heteroatoms. The number of rotatable bonds is 8. The van der Waals surface area contributed by atoms with Crippen molar-refractivity contribution < 1.29 is 4.74 Å². The van der Waals surface area contributed by atoms with Crippen LogP contribution in [0.3, 0.4) is 0 Å². The van der Waals surface area contributed by atoms with Gasteiger partial charge in [0.2, 0.25) is 5.88 Å². The maximum atomic E-state index is 5.46. The minimum Gasteiger partial charge on any atom is -0.477 e. The second kappa shape index (κ2) is 7.84. The summed E-state index contributed by atoms with van der Waals surface area (Å²) in [5.74, 6) is 1.44. The van der Waals surface area contributed by atoms with E-state index >= 15 is 0 Å². The van der Waals surface area contributed by atoms with E-state index in [2.05, 4.69) is 34.0 Å². The Hall–Kier alpha value is -1.36. The Balaban J connectivity index is 2.51. The molecule has 1 rings (SSSR count). The van der Waals surface area contributed by atoms with Crippen LogP contribution in [0.2, 0.25) is 0 Å². The minimum absolute atomic E-state index is 0.597. The molecule has 0 bridgehead atoms. The molecular weight excluding hydrogens is 216 g/mol. The van der Waals surface area contributed by atoms with Gasteiger partial charge in [-0.1, -0.05) is 13.8 Å². The zero-order chi connectivity index (χ0) is 12.5. The third-order valence-electron chi connectivity index (χ3n) is 2.32. The molecule has 0 spiro atoms. The Morgan fingerprint density at radius 2 is 2.18 bits per heavy atom. The lowest BCUT2D eigenvalue weighted by atomic mass is 10.5. The number of nitrogens with zero attached hydrogens (tertiary/aromatic N) is 3. The van der Waals surface area contributed by atoms with Crippen LogP contribution in [0.4, 0.5) is 5.82 Å². The van der Waals surface area contributed by atoms with Gasteiger partial charge in [0.15, 0.2) is 5.82 Å². The van der Waals surface area contributed by atoms with E-state index in [-0.39, 0.29) is 0 Å². The van der Waals surface area contributed by atoms with E-state index in [1.807, 2.05) is 7.05 Å². The predicted octanol–water partition coefficient (Wildman–Crippen LogP) is 1.31. The average molecular weight is 238 g/mol. The smallest absolute Gasteiger partial charge is 0.234 e. The largest absolute Gasteiger partial charge is 0.477 e. The highest BCUT2D eigenvalue weighted by molar-refractivity contribution is 5.36. The number of anilines is 1. The molecule has 96 valence electrons. The van der Waals surface area contributed by atoms with Crippen LogP contribution in [0.1, 0.15) is 20.3 Å². The maximum Gasteiger partial charge on any atom is 0.234 e. The molecule has 0 aliphatic carbocycles. The first kappa shape index (κ1) is 13.7. The molecular formula is C12H22N4O. The van der Waals surface area contributed by atoms with E-state index in [1.54, 1.807) is 12.4 Å². The topological polar surface area (TPSA) is 50.3 Å². The molecule has 0 amide bonds. The van der Waals surface area contributed by atoms with Gasteiger partial charge in [0.25, 0.3) is 0 Å². The first-order valence-electron chi connectivity index (χ1n) is 6.14. The van der Waals surface area contributed by atoms with Gasteiger partial charge in [-0.3, -0.25) is 4.98 Å². The molecule has 0 unspecified atom stereocenters. The zero-order valence-corrected chi connectivity index (χ0v) is 10.9. The van der Waals surface area contributed by atoms with E-state index in [9.17, 15) is 0 Å². The molecule has 0 saturated carbocycles. The van der Waals surface area contributed by atoms with Crippen molar-refractivity contribution in [3.63, 3.8) is 0 Å². The van der Waals surface area contributed by atoms with E-state index in [0.29, 0.717) is 12.5 Å². The van der Waals surface area contributed by atoms with Crippen LogP contribution in [-0.2, 0) is 0 Å². The second-order valence-electron chi connectivity index (χ2n) is 3.84. The highest BCUT2D eigenvalue weighted by Crippen LogP contribution is 2.12. The summed E-state index contributed by atoms with van der Waals surface area (Å²) in [7, 11) is 2.00. The Labute approximate surface area is 103 Å². The van der Waals surface area contributed by atoms with Crippen molar-refractivity contribution in [2.24, 2.45) is 0 Å². The molecule has 0 fully saturated rings. The van der Waals surface area contributed by atoms with Gasteiger partial charge < -0.3 is 15.0 Å². The summed E-state index contributed by atoms with van der Waals surface area (Å²) in [4.78, 5) is 10.6. The molecule has 5 nitrogen and oxygen atoms in total. The van der Waals surface area contributed by atoms with Crippen LogP contribution in [0.5, 0.6) is 5.88 Å². The number of hydrogen-bond donors (Lipinski definition) is 1. The van der Waals surface area contributed by atoms with Gasteiger partial charge in [-0.15, -0.1) is 0 Å². The van der Waals surface area contributed by atoms with E-state index in [4.69, 9.17) is 4.74 Å². The second-order valence-corrected chi connectivity index (χ2v) is 3.84. The van der Waals surface area contributed by atoms with Crippen molar-refractivity contribution in [3.05, 3.63) is 12.4 Å². The lowest BCUT2D eigenvalue weighted by Gasteiger charge is -2.18. The third kappa shape index (κ3) is 4.99. The molecule has 0 aliphatic heterocycles. The lowest BCUT2D eigenvalue weighted by molar-refractivity contribution is 0.304. The Bertz CT molecular complexity index is 319. The molecule has 17 heavy (non-hydrogen) atoms. The van der Waals surface area contributed by atoms with Gasteiger partial charge in [-0.25, -0.2) is 0 Å². The van der Waals surface area contributed by atoms with Crippen molar-refractivity contribution in [2.75, 3.05) is 38.2 Å². The summed E-state index contributed by atoms with van der Waals surface area (Å²) >= 11 is 0. The molecule has 0 radical (unpaired) electrons. The first-order chi connectivity index (χ1) is 8.27. The number of ether oxygens (including phenoxy) is 1. The zero-order valence-electron chi connectivity index (χ0n) is 10.9. The number of nitrogens with one attached hydrogen (secondary N) is 1. The molecule has 1 aromatic rings. The summed E-state index contributed by atoms with van der Waals surface area (Å²) in [6.07, 6.45) is 4.38. The van der Waals surface area contributed by atoms with Gasteiger partial charge in [0.05, 0.1) is 19.0 Å². The van der Waals surface area contributed by atoms with Crippen molar-refractivity contribution >= 4 is 5.82 Å². The maximum absolute atomic E-state index is 5.46. The normalized spacial score (nSPS) is 10.3. The Morgan fingerprint density at radius 1 is 1.35 bits per heavy atom. The molecule has 1 N–H and O–H groups in total. The fourth-order valence-electron chi connectivity index (χ4n) is 1.34. The quantitative estimate of drug-likeness (QED) is 0.692. The third-order valence-corrected chi connectivity index (χ3v) is 2.32. The standard InChI is InChI=1S/C12H22N4O/c1-4-8-17-12-10-14-9-11(15-12)16(3)7-6-13-5-2/h9-10,13H,4-8H2,1-3H3. The highest BCUT2D eigenvalue weighted by atomic mass is 16.5. The molecule has 1 heterocycles. The number of aromatic nitrogens is 2. The van der Waals surface area contributed by atoms with Crippen LogP contribution in [0.15, 0.2) is 12.4 Å². The van der Waals surface area contributed by atoms with Gasteiger partial charge >= 0.3 is 0 Å². The van der Waals surface area contributed by atoms with Crippen LogP contribution in [-0.4, -0.2) is 43.3 Å². The lowest BCUT2D eigenvalue weighted by Crippen LogP contribution is -2.29. The van der Waals surface area contributed by atoms with Gasteiger partial charge in [-0.2, -0.15) is 4.98 Å². The summed E-state index contributed by atoms with van der Waals surface area (Å²) in [6.45, 7) is 7.67. The Morgan fingerprint density at radius 3 is 2.88 bits per heavy atom. The minimum atomic E-state index is 0.597.